The number of anilines is 1. The molecule has 0 amide bonds. The summed E-state index contributed by atoms with van der Waals surface area (Å²) in [5.41, 5.74) is 5.75. The van der Waals surface area contributed by atoms with Crippen LogP contribution in [0.25, 0.3) is 5.57 Å². The van der Waals surface area contributed by atoms with E-state index in [1.807, 2.05) is 52.5 Å². The molecule has 0 bridgehead atoms. The van der Waals surface area contributed by atoms with Crippen LogP contribution in [-0.2, 0) is 0 Å². The zero-order chi connectivity index (χ0) is 25.1. The number of carboxylic acid groups (broad SMARTS) is 2. The molecule has 0 unspecified atom stereocenters. The van der Waals surface area contributed by atoms with Gasteiger partial charge in [-0.15, -0.1) is 11.3 Å². The quantitative estimate of drug-likeness (QED) is 0.524. The molecule has 1 N–H and O–H groups in total. The van der Waals surface area contributed by atoms with E-state index in [9.17, 15) is 19.8 Å². The lowest BCUT2D eigenvalue weighted by atomic mass is 9.87. The van der Waals surface area contributed by atoms with E-state index in [2.05, 4.69) is 34.7 Å². The third kappa shape index (κ3) is 3.57. The van der Waals surface area contributed by atoms with Crippen molar-refractivity contribution in [2.75, 3.05) is 33.1 Å². The van der Waals surface area contributed by atoms with Gasteiger partial charge in [0.1, 0.15) is 27.0 Å². The molecule has 0 atom stereocenters. The molecule has 0 radical (unpaired) electrons. The SMILES string of the molecule is Cc1c(C(=O)O)sc(C(=O)[O-])c1C1=C2C=CC(=[N+](C)C)C=C2[Si](C)(C)c2cc(N(C)C)ccc21. The second kappa shape index (κ2) is 8.21. The maximum absolute atomic E-state index is 12.2. The van der Waals surface area contributed by atoms with Gasteiger partial charge in [0.15, 0.2) is 5.71 Å². The number of allylic oxidation sites excluding steroid dienone is 5. The first-order valence-electron chi connectivity index (χ1n) is 11.0. The molecule has 8 heteroatoms. The molecule has 0 saturated heterocycles. The number of aromatic carboxylic acids is 2. The summed E-state index contributed by atoms with van der Waals surface area (Å²) in [7, 11) is 5.80. The number of rotatable bonds is 4. The average Bonchev–Trinajstić information content (AvgIpc) is 3.11. The summed E-state index contributed by atoms with van der Waals surface area (Å²) < 4.78 is 2.06. The Bertz CT molecular complexity index is 1390. The highest BCUT2D eigenvalue weighted by Crippen LogP contribution is 2.45. The molecule has 0 saturated carbocycles. The summed E-state index contributed by atoms with van der Waals surface area (Å²) in [5.74, 6) is -2.49. The van der Waals surface area contributed by atoms with Crippen molar-refractivity contribution in [3.63, 3.8) is 0 Å². The first-order chi connectivity index (χ1) is 15.9. The van der Waals surface area contributed by atoms with Crippen molar-refractivity contribution < 1.29 is 24.4 Å². The number of hydrogen-bond acceptors (Lipinski definition) is 5. The second-order valence-corrected chi connectivity index (χ2v) is 14.9. The summed E-state index contributed by atoms with van der Waals surface area (Å²) in [4.78, 5) is 26.1. The lowest BCUT2D eigenvalue weighted by Gasteiger charge is -2.38. The maximum Gasteiger partial charge on any atom is 0.346 e. The smallest absolute Gasteiger partial charge is 0.346 e. The molecule has 0 spiro atoms. The molecule has 2 aromatic rings. The van der Waals surface area contributed by atoms with Gasteiger partial charge in [0.05, 0.1) is 10.8 Å². The van der Waals surface area contributed by atoms with Gasteiger partial charge in [-0.05, 0) is 57.8 Å². The first kappa shape index (κ1) is 23.9. The molecule has 1 aliphatic carbocycles. The van der Waals surface area contributed by atoms with E-state index < -0.39 is 20.0 Å². The van der Waals surface area contributed by atoms with E-state index in [0.29, 0.717) is 11.1 Å². The highest BCUT2D eigenvalue weighted by Gasteiger charge is 2.41. The van der Waals surface area contributed by atoms with E-state index in [-0.39, 0.29) is 9.75 Å². The molecular formula is C26H28N2O4SSi. The van der Waals surface area contributed by atoms with Crippen LogP contribution >= 0.6 is 11.3 Å². The summed E-state index contributed by atoms with van der Waals surface area (Å²) in [6.45, 7) is 6.31. The van der Waals surface area contributed by atoms with E-state index >= 15 is 0 Å². The largest absolute Gasteiger partial charge is 0.544 e. The molecule has 1 aliphatic heterocycles. The zero-order valence-electron chi connectivity index (χ0n) is 20.4. The van der Waals surface area contributed by atoms with Crippen LogP contribution in [0.3, 0.4) is 0 Å². The molecule has 1 aromatic heterocycles. The van der Waals surface area contributed by atoms with Gasteiger partial charge in [0, 0.05) is 37.5 Å². The van der Waals surface area contributed by atoms with Crippen LogP contribution in [0, 0.1) is 6.92 Å². The minimum Gasteiger partial charge on any atom is -0.544 e. The van der Waals surface area contributed by atoms with Crippen molar-refractivity contribution in [1.82, 2.24) is 0 Å². The second-order valence-electron chi connectivity index (χ2n) is 9.60. The Morgan fingerprint density at radius 2 is 1.79 bits per heavy atom. The van der Waals surface area contributed by atoms with E-state index in [4.69, 9.17) is 0 Å². The fraction of sp³-hybridized carbons (Fsp3) is 0.269. The van der Waals surface area contributed by atoms with Crippen LogP contribution < -0.4 is 15.2 Å². The van der Waals surface area contributed by atoms with Crippen molar-refractivity contribution in [3.8, 4) is 0 Å². The maximum atomic E-state index is 12.2. The Balaban J connectivity index is 2.18. The van der Waals surface area contributed by atoms with Gasteiger partial charge in [-0.1, -0.05) is 19.2 Å². The van der Waals surface area contributed by atoms with Crippen LogP contribution in [0.1, 0.15) is 36.0 Å². The van der Waals surface area contributed by atoms with Crippen LogP contribution in [-0.4, -0.2) is 63.6 Å². The summed E-state index contributed by atoms with van der Waals surface area (Å²) in [5, 5.41) is 24.3. The number of benzene rings is 1. The van der Waals surface area contributed by atoms with Crippen molar-refractivity contribution in [1.29, 1.82) is 0 Å². The van der Waals surface area contributed by atoms with Crippen LogP contribution in [0.5, 0.6) is 0 Å². The van der Waals surface area contributed by atoms with E-state index in [1.165, 1.54) is 10.4 Å². The van der Waals surface area contributed by atoms with E-state index in [1.54, 1.807) is 6.92 Å². The minimum atomic E-state index is -2.19. The zero-order valence-corrected chi connectivity index (χ0v) is 22.3. The lowest BCUT2D eigenvalue weighted by Crippen LogP contribution is -2.50. The van der Waals surface area contributed by atoms with Gasteiger partial charge in [0.2, 0.25) is 0 Å². The molecule has 34 heavy (non-hydrogen) atoms. The van der Waals surface area contributed by atoms with Gasteiger partial charge in [-0.25, -0.2) is 9.37 Å². The topological polar surface area (TPSA) is 83.7 Å². The third-order valence-corrected chi connectivity index (χ3v) is 11.5. The number of nitrogens with zero attached hydrogens (tertiary/aromatic N) is 2. The summed E-state index contributed by atoms with van der Waals surface area (Å²) in [6.07, 6.45) is 6.28. The number of thiophene rings is 1. The van der Waals surface area contributed by atoms with Gasteiger partial charge < -0.3 is 19.9 Å². The monoisotopic (exact) mass is 492 g/mol. The van der Waals surface area contributed by atoms with Gasteiger partial charge >= 0.3 is 5.97 Å². The van der Waals surface area contributed by atoms with Crippen LogP contribution in [0.15, 0.2) is 47.2 Å². The first-order valence-corrected chi connectivity index (χ1v) is 14.8. The average molecular weight is 493 g/mol. The number of carboxylic acids is 2. The number of hydrogen-bond donors (Lipinski definition) is 1. The molecular weight excluding hydrogens is 464 g/mol. The summed E-state index contributed by atoms with van der Waals surface area (Å²) in [6, 6.07) is 6.28. The lowest BCUT2D eigenvalue weighted by molar-refractivity contribution is -0.462. The number of fused-ring (bicyclic) bond motifs is 2. The predicted octanol–water partition coefficient (Wildman–Crippen LogP) is 2.66. The predicted molar refractivity (Wildman–Crippen MR) is 139 cm³/mol. The molecule has 176 valence electrons. The van der Waals surface area contributed by atoms with Crippen LogP contribution in [0.2, 0.25) is 13.1 Å². The Kier molecular flexibility index (Phi) is 5.78. The van der Waals surface area contributed by atoms with Crippen molar-refractivity contribution in [2.45, 2.75) is 20.0 Å². The normalized spacial score (nSPS) is 16.1. The fourth-order valence-electron chi connectivity index (χ4n) is 4.81. The van der Waals surface area contributed by atoms with Crippen molar-refractivity contribution in [2.24, 2.45) is 0 Å². The van der Waals surface area contributed by atoms with Gasteiger partial charge in [-0.3, -0.25) is 0 Å². The Morgan fingerprint density at radius 3 is 2.35 bits per heavy atom. The highest BCUT2D eigenvalue weighted by atomic mass is 32.1. The van der Waals surface area contributed by atoms with Crippen molar-refractivity contribution >= 4 is 53.5 Å². The van der Waals surface area contributed by atoms with E-state index in [0.717, 1.165) is 39.4 Å². The third-order valence-electron chi connectivity index (χ3n) is 6.70. The minimum absolute atomic E-state index is 0.0294. The Hall–Kier alpha value is -3.23. The molecule has 6 nitrogen and oxygen atoms in total. The Morgan fingerprint density at radius 1 is 1.12 bits per heavy atom. The van der Waals surface area contributed by atoms with Crippen LogP contribution in [0.4, 0.5) is 5.69 Å². The Labute approximate surface area is 204 Å². The standard InChI is InChI=1S/C26H28N2O4SSi/c1-14-21(24(26(31)32)33-23(14)25(29)30)22-17-10-8-15(27(2)3)12-19(17)34(6,7)20-13-16(28(4)5)9-11-18(20)22/h8-13H,1-7H3,(H-,29,30,31,32). The van der Waals surface area contributed by atoms with Gasteiger partial charge in [-0.2, -0.15) is 0 Å². The molecule has 2 aliphatic rings. The molecule has 0 fully saturated rings. The molecule has 2 heterocycles. The molecule has 4 rings (SSSR count). The fourth-order valence-corrected chi connectivity index (χ4v) is 8.87. The summed E-state index contributed by atoms with van der Waals surface area (Å²) >= 11 is 0.774. The molecule has 1 aromatic carbocycles. The van der Waals surface area contributed by atoms with Gasteiger partial charge in [0.25, 0.3) is 0 Å². The number of carbonyl (C=O) groups excluding carboxylic acids is 1. The highest BCUT2D eigenvalue weighted by molar-refractivity contribution is 7.16. The van der Waals surface area contributed by atoms with Crippen molar-refractivity contribution in [3.05, 3.63) is 73.6 Å². The number of carbonyl (C=O) groups is 2.